The Morgan fingerprint density at radius 1 is 1.23 bits per heavy atom. The van der Waals surface area contributed by atoms with Gasteiger partial charge in [-0.15, -0.1) is 11.3 Å². The number of esters is 1. The molecule has 1 amide bonds. The minimum absolute atomic E-state index is 0.120. The van der Waals surface area contributed by atoms with Crippen molar-refractivity contribution in [1.29, 1.82) is 0 Å². The van der Waals surface area contributed by atoms with Gasteiger partial charge < -0.3 is 9.47 Å². The van der Waals surface area contributed by atoms with E-state index in [2.05, 4.69) is 4.98 Å². The number of hydrogen-bond donors (Lipinski definition) is 0. The Morgan fingerprint density at radius 3 is 2.74 bits per heavy atom. The molecule has 4 rings (SSSR count). The molecule has 3 aromatic rings. The molecule has 0 saturated carbocycles. The summed E-state index contributed by atoms with van der Waals surface area (Å²) >= 11 is 1.56. The van der Waals surface area contributed by atoms with E-state index in [-0.39, 0.29) is 18.6 Å². The van der Waals surface area contributed by atoms with Crippen molar-refractivity contribution >= 4 is 28.9 Å². The smallest absolute Gasteiger partial charge is 0.329 e. The van der Waals surface area contributed by atoms with Gasteiger partial charge in [0.2, 0.25) is 0 Å². The van der Waals surface area contributed by atoms with Gasteiger partial charge in [-0.05, 0) is 58.0 Å². The van der Waals surface area contributed by atoms with E-state index in [0.717, 1.165) is 26.8 Å². The van der Waals surface area contributed by atoms with Gasteiger partial charge in [-0.3, -0.25) is 14.7 Å². The summed E-state index contributed by atoms with van der Waals surface area (Å²) in [5, 5.41) is 0.823. The Bertz CT molecular complexity index is 1130. The summed E-state index contributed by atoms with van der Waals surface area (Å²) in [5.74, 6) is -0.198. The fourth-order valence-electron chi connectivity index (χ4n) is 3.44. The Hall–Kier alpha value is -3.26. The van der Waals surface area contributed by atoms with Crippen LogP contribution in [0.4, 0.5) is 5.69 Å². The molecule has 0 spiro atoms. The minimum atomic E-state index is -0.770. The van der Waals surface area contributed by atoms with Gasteiger partial charge in [0.1, 0.15) is 16.8 Å². The number of carbonyl (C=O) groups is 2. The number of benzene rings is 1. The first kappa shape index (κ1) is 21.0. The highest BCUT2D eigenvalue weighted by Crippen LogP contribution is 2.39. The molecule has 2 aromatic heterocycles. The van der Waals surface area contributed by atoms with Crippen molar-refractivity contribution in [2.75, 3.05) is 11.5 Å². The van der Waals surface area contributed by atoms with Crippen molar-refractivity contribution in [3.8, 4) is 27.7 Å². The quantitative estimate of drug-likeness (QED) is 0.555. The minimum Gasteiger partial charge on any atom is -0.482 e. The molecule has 1 atom stereocenters. The summed E-state index contributed by atoms with van der Waals surface area (Å²) in [6.45, 7) is 7.10. The second-order valence-corrected chi connectivity index (χ2v) is 8.74. The maximum absolute atomic E-state index is 12.7. The van der Waals surface area contributed by atoms with E-state index in [0.29, 0.717) is 11.4 Å². The molecule has 3 heterocycles. The van der Waals surface area contributed by atoms with Gasteiger partial charge in [-0.2, -0.15) is 0 Å². The number of hydrogen-bond acceptors (Lipinski definition) is 7. The van der Waals surface area contributed by atoms with Crippen LogP contribution in [0, 0.1) is 6.92 Å². The zero-order chi connectivity index (χ0) is 22.1. The van der Waals surface area contributed by atoms with E-state index in [1.54, 1.807) is 38.3 Å². The van der Waals surface area contributed by atoms with E-state index in [4.69, 9.17) is 14.5 Å². The summed E-state index contributed by atoms with van der Waals surface area (Å²) in [6, 6.07) is 10.5. The molecule has 0 bridgehead atoms. The van der Waals surface area contributed by atoms with Crippen LogP contribution in [0.5, 0.6) is 5.75 Å². The van der Waals surface area contributed by atoms with E-state index in [1.165, 1.54) is 4.90 Å². The predicted octanol–water partition coefficient (Wildman–Crippen LogP) is 4.25. The Kier molecular flexibility index (Phi) is 5.73. The van der Waals surface area contributed by atoms with Gasteiger partial charge in [0.05, 0.1) is 23.2 Å². The number of carbonyl (C=O) groups excluding carboxylic acids is 2. The number of aromatic nitrogens is 2. The molecule has 0 N–H and O–H groups in total. The normalized spacial score (nSPS) is 14.2. The molecule has 0 saturated heterocycles. The summed E-state index contributed by atoms with van der Waals surface area (Å²) in [7, 11) is 0. The molecule has 0 radical (unpaired) electrons. The molecule has 31 heavy (non-hydrogen) atoms. The third-order valence-electron chi connectivity index (χ3n) is 4.87. The lowest BCUT2D eigenvalue weighted by molar-refractivity contribution is -0.149. The third-order valence-corrected chi connectivity index (χ3v) is 5.87. The number of pyridine rings is 1. The Labute approximate surface area is 184 Å². The molecule has 1 aliphatic rings. The molecule has 1 unspecified atom stereocenters. The van der Waals surface area contributed by atoms with Crippen LogP contribution in [-0.4, -0.2) is 40.6 Å². The van der Waals surface area contributed by atoms with E-state index in [9.17, 15) is 9.59 Å². The van der Waals surface area contributed by atoms with Gasteiger partial charge in [-0.1, -0.05) is 6.07 Å². The van der Waals surface area contributed by atoms with Crippen molar-refractivity contribution in [3.63, 3.8) is 0 Å². The lowest BCUT2D eigenvalue weighted by Crippen LogP contribution is -2.49. The summed E-state index contributed by atoms with van der Waals surface area (Å²) < 4.78 is 10.9. The molecule has 0 fully saturated rings. The van der Waals surface area contributed by atoms with Gasteiger partial charge in [0.15, 0.2) is 6.61 Å². The maximum Gasteiger partial charge on any atom is 0.329 e. The van der Waals surface area contributed by atoms with Gasteiger partial charge in [-0.25, -0.2) is 9.78 Å². The zero-order valence-electron chi connectivity index (χ0n) is 17.8. The number of amides is 1. The van der Waals surface area contributed by atoms with Crippen LogP contribution in [-0.2, 0) is 14.3 Å². The first-order valence-corrected chi connectivity index (χ1v) is 10.9. The van der Waals surface area contributed by atoms with Crippen molar-refractivity contribution in [1.82, 2.24) is 9.97 Å². The first-order valence-electron chi connectivity index (χ1n) is 10.0. The predicted molar refractivity (Wildman–Crippen MR) is 119 cm³/mol. The molecular weight excluding hydrogens is 414 g/mol. The highest BCUT2D eigenvalue weighted by atomic mass is 32.1. The molecule has 8 heteroatoms. The Balaban J connectivity index is 1.72. The third kappa shape index (κ3) is 4.16. The Morgan fingerprint density at radius 2 is 2.03 bits per heavy atom. The topological polar surface area (TPSA) is 81.6 Å². The number of thiazole rings is 1. The van der Waals surface area contributed by atoms with Crippen LogP contribution in [0.3, 0.4) is 0 Å². The van der Waals surface area contributed by atoms with Crippen molar-refractivity contribution in [2.45, 2.75) is 39.8 Å². The van der Waals surface area contributed by atoms with Crippen LogP contribution >= 0.6 is 11.3 Å². The fraction of sp³-hybridized carbons (Fsp3) is 0.304. The molecule has 1 aliphatic heterocycles. The van der Waals surface area contributed by atoms with Crippen molar-refractivity contribution in [2.24, 2.45) is 0 Å². The monoisotopic (exact) mass is 437 g/mol. The van der Waals surface area contributed by atoms with E-state index in [1.807, 2.05) is 43.3 Å². The number of fused-ring (bicyclic) bond motifs is 1. The average molecular weight is 438 g/mol. The van der Waals surface area contributed by atoms with E-state index < -0.39 is 12.0 Å². The standard InChI is InChI=1S/C23H23N3O4S/c1-13(2)30-23(28)14(3)26-18-11-16(8-9-19(18)29-12-20(26)27)21-15(4)31-22(25-21)17-7-5-6-10-24-17/h5-11,13-14H,12H2,1-4H3. The van der Waals surface area contributed by atoms with E-state index >= 15 is 0 Å². The van der Waals surface area contributed by atoms with Crippen molar-refractivity contribution < 1.29 is 19.1 Å². The van der Waals surface area contributed by atoms with Crippen LogP contribution in [0.2, 0.25) is 0 Å². The zero-order valence-corrected chi connectivity index (χ0v) is 18.6. The molecule has 0 aliphatic carbocycles. The summed E-state index contributed by atoms with van der Waals surface area (Å²) in [5.41, 5.74) is 2.99. The van der Waals surface area contributed by atoms with Crippen LogP contribution in [0.1, 0.15) is 25.6 Å². The molecular formula is C23H23N3O4S. The van der Waals surface area contributed by atoms with Gasteiger partial charge in [0.25, 0.3) is 5.91 Å². The highest BCUT2D eigenvalue weighted by Gasteiger charge is 2.34. The second kappa shape index (κ2) is 8.47. The lowest BCUT2D eigenvalue weighted by atomic mass is 10.1. The van der Waals surface area contributed by atoms with Crippen LogP contribution in [0.15, 0.2) is 42.6 Å². The second-order valence-electron chi connectivity index (χ2n) is 7.54. The highest BCUT2D eigenvalue weighted by molar-refractivity contribution is 7.15. The average Bonchev–Trinajstić information content (AvgIpc) is 3.14. The van der Waals surface area contributed by atoms with Gasteiger partial charge in [0, 0.05) is 16.6 Å². The summed E-state index contributed by atoms with van der Waals surface area (Å²) in [4.78, 5) is 36.8. The van der Waals surface area contributed by atoms with Crippen LogP contribution in [0.25, 0.3) is 22.0 Å². The largest absolute Gasteiger partial charge is 0.482 e. The molecule has 160 valence electrons. The van der Waals surface area contributed by atoms with Gasteiger partial charge >= 0.3 is 5.97 Å². The summed E-state index contributed by atoms with van der Waals surface area (Å²) in [6.07, 6.45) is 1.47. The van der Waals surface area contributed by atoms with Crippen molar-refractivity contribution in [3.05, 3.63) is 47.5 Å². The van der Waals surface area contributed by atoms with Crippen LogP contribution < -0.4 is 9.64 Å². The fourth-order valence-corrected chi connectivity index (χ4v) is 4.35. The number of nitrogens with zero attached hydrogens (tertiary/aromatic N) is 3. The maximum atomic E-state index is 12.7. The first-order chi connectivity index (χ1) is 14.8. The number of ether oxygens (including phenoxy) is 2. The molecule has 1 aromatic carbocycles. The lowest BCUT2D eigenvalue weighted by Gasteiger charge is -2.33. The number of anilines is 1. The molecule has 7 nitrogen and oxygen atoms in total. The number of rotatable bonds is 5. The number of aryl methyl sites for hydroxylation is 1. The SMILES string of the molecule is Cc1sc(-c2ccccn2)nc1-c1ccc2c(c1)N(C(C)C(=O)OC(C)C)C(=O)CO2.